The molecule has 2 heterocycles. The van der Waals surface area contributed by atoms with Crippen molar-refractivity contribution in [3.63, 3.8) is 0 Å². The highest BCUT2D eigenvalue weighted by Gasteiger charge is 2.16. The fourth-order valence-electron chi connectivity index (χ4n) is 2.51. The Morgan fingerprint density at radius 2 is 2.10 bits per heavy atom. The van der Waals surface area contributed by atoms with Gasteiger partial charge in [-0.1, -0.05) is 42.5 Å². The SMILES string of the molecule is Cc1ncc2c(n1)CN(CC=Cc1ccccc1)CC2. The van der Waals surface area contributed by atoms with Gasteiger partial charge in [0, 0.05) is 25.8 Å². The maximum absolute atomic E-state index is 4.55. The first-order chi connectivity index (χ1) is 9.81. The van der Waals surface area contributed by atoms with Gasteiger partial charge in [0.2, 0.25) is 0 Å². The number of hydrogen-bond donors (Lipinski definition) is 0. The van der Waals surface area contributed by atoms with E-state index in [0.29, 0.717) is 0 Å². The van der Waals surface area contributed by atoms with Gasteiger partial charge in [0.15, 0.2) is 0 Å². The predicted octanol–water partition coefficient (Wildman–Crippen LogP) is 2.86. The average Bonchev–Trinajstić information content (AvgIpc) is 2.48. The Morgan fingerprint density at radius 1 is 1.25 bits per heavy atom. The van der Waals surface area contributed by atoms with Crippen LogP contribution in [-0.4, -0.2) is 28.0 Å². The third-order valence-electron chi connectivity index (χ3n) is 3.62. The van der Waals surface area contributed by atoms with E-state index < -0.39 is 0 Å². The number of fused-ring (bicyclic) bond motifs is 1. The minimum atomic E-state index is 0.866. The molecular formula is C17H19N3. The number of aromatic nitrogens is 2. The largest absolute Gasteiger partial charge is 0.294 e. The molecule has 1 aromatic heterocycles. The smallest absolute Gasteiger partial charge is 0.125 e. The lowest BCUT2D eigenvalue weighted by atomic mass is 10.1. The molecule has 0 bridgehead atoms. The molecule has 102 valence electrons. The Balaban J connectivity index is 1.62. The van der Waals surface area contributed by atoms with Crippen molar-refractivity contribution < 1.29 is 0 Å². The van der Waals surface area contributed by atoms with Crippen LogP contribution in [-0.2, 0) is 13.0 Å². The van der Waals surface area contributed by atoms with Crippen LogP contribution in [0, 0.1) is 6.92 Å². The van der Waals surface area contributed by atoms with Crippen LogP contribution >= 0.6 is 0 Å². The maximum Gasteiger partial charge on any atom is 0.125 e. The number of rotatable bonds is 3. The molecule has 1 aromatic carbocycles. The van der Waals surface area contributed by atoms with E-state index in [1.54, 1.807) is 0 Å². The molecule has 0 aliphatic carbocycles. The van der Waals surface area contributed by atoms with E-state index in [1.807, 2.05) is 19.2 Å². The van der Waals surface area contributed by atoms with Gasteiger partial charge in [-0.3, -0.25) is 4.90 Å². The van der Waals surface area contributed by atoms with Crippen molar-refractivity contribution in [3.05, 3.63) is 65.2 Å². The zero-order valence-electron chi connectivity index (χ0n) is 11.8. The first-order valence-corrected chi connectivity index (χ1v) is 7.06. The summed E-state index contributed by atoms with van der Waals surface area (Å²) in [5.74, 6) is 0.866. The molecule has 0 spiro atoms. The van der Waals surface area contributed by atoms with Crippen LogP contribution in [0.4, 0.5) is 0 Å². The topological polar surface area (TPSA) is 29.0 Å². The summed E-state index contributed by atoms with van der Waals surface area (Å²) in [4.78, 5) is 11.3. The highest BCUT2D eigenvalue weighted by Crippen LogP contribution is 2.16. The number of hydrogen-bond acceptors (Lipinski definition) is 3. The van der Waals surface area contributed by atoms with E-state index >= 15 is 0 Å². The average molecular weight is 265 g/mol. The maximum atomic E-state index is 4.55. The fraction of sp³-hybridized carbons (Fsp3) is 0.294. The first kappa shape index (κ1) is 13.0. The monoisotopic (exact) mass is 265 g/mol. The molecule has 1 aliphatic rings. The second-order valence-electron chi connectivity index (χ2n) is 5.19. The van der Waals surface area contributed by atoms with Crippen LogP contribution in [0.25, 0.3) is 6.08 Å². The molecule has 1 aliphatic heterocycles. The Bertz CT molecular complexity index is 605. The molecule has 0 N–H and O–H groups in total. The summed E-state index contributed by atoms with van der Waals surface area (Å²) < 4.78 is 0. The van der Waals surface area contributed by atoms with Crippen molar-refractivity contribution in [3.8, 4) is 0 Å². The number of nitrogens with zero attached hydrogens (tertiary/aromatic N) is 3. The lowest BCUT2D eigenvalue weighted by molar-refractivity contribution is 0.276. The van der Waals surface area contributed by atoms with Crippen LogP contribution in [0.15, 0.2) is 42.6 Å². The third-order valence-corrected chi connectivity index (χ3v) is 3.62. The molecule has 3 heteroatoms. The third kappa shape index (κ3) is 3.11. The highest BCUT2D eigenvalue weighted by atomic mass is 15.1. The van der Waals surface area contributed by atoms with Crippen molar-refractivity contribution in [2.75, 3.05) is 13.1 Å². The quantitative estimate of drug-likeness (QED) is 0.854. The predicted molar refractivity (Wildman–Crippen MR) is 81.2 cm³/mol. The second kappa shape index (κ2) is 5.97. The Kier molecular flexibility index (Phi) is 3.88. The molecule has 0 atom stereocenters. The minimum Gasteiger partial charge on any atom is -0.294 e. The summed E-state index contributed by atoms with van der Waals surface area (Å²) in [6, 6.07) is 10.4. The Morgan fingerprint density at radius 3 is 2.95 bits per heavy atom. The standard InChI is InChI=1S/C17H19N3/c1-14-18-12-16-9-11-20(13-17(16)19-14)10-5-8-15-6-3-2-4-7-15/h2-8,12H,9-11,13H2,1H3. The van der Waals surface area contributed by atoms with Gasteiger partial charge in [-0.15, -0.1) is 0 Å². The second-order valence-corrected chi connectivity index (χ2v) is 5.19. The molecule has 0 saturated heterocycles. The van der Waals surface area contributed by atoms with Crippen LogP contribution in [0.1, 0.15) is 22.6 Å². The van der Waals surface area contributed by atoms with Crippen molar-refractivity contribution in [2.24, 2.45) is 0 Å². The van der Waals surface area contributed by atoms with Crippen molar-refractivity contribution >= 4 is 6.08 Å². The van der Waals surface area contributed by atoms with Crippen LogP contribution in [0.3, 0.4) is 0 Å². The van der Waals surface area contributed by atoms with Crippen LogP contribution < -0.4 is 0 Å². The molecule has 0 unspecified atom stereocenters. The lowest BCUT2D eigenvalue weighted by Gasteiger charge is -2.26. The van der Waals surface area contributed by atoms with E-state index in [-0.39, 0.29) is 0 Å². The zero-order chi connectivity index (χ0) is 13.8. The van der Waals surface area contributed by atoms with Gasteiger partial charge in [-0.25, -0.2) is 9.97 Å². The Hall–Kier alpha value is -2.00. The Labute approximate surface area is 120 Å². The lowest BCUT2D eigenvalue weighted by Crippen LogP contribution is -2.31. The van der Waals surface area contributed by atoms with E-state index in [2.05, 4.69) is 51.3 Å². The van der Waals surface area contributed by atoms with Crippen LogP contribution in [0.5, 0.6) is 0 Å². The van der Waals surface area contributed by atoms with Crippen LogP contribution in [0.2, 0.25) is 0 Å². The van der Waals surface area contributed by atoms with Gasteiger partial charge in [-0.2, -0.15) is 0 Å². The van der Waals surface area contributed by atoms with Gasteiger partial charge in [-0.05, 0) is 24.5 Å². The van der Waals surface area contributed by atoms with Gasteiger partial charge in [0.1, 0.15) is 5.82 Å². The fourth-order valence-corrected chi connectivity index (χ4v) is 2.51. The highest BCUT2D eigenvalue weighted by molar-refractivity contribution is 5.48. The van der Waals surface area contributed by atoms with E-state index in [1.165, 1.54) is 16.8 Å². The van der Waals surface area contributed by atoms with Gasteiger partial charge in [0.25, 0.3) is 0 Å². The minimum absolute atomic E-state index is 0.866. The molecular weight excluding hydrogens is 246 g/mol. The number of benzene rings is 1. The summed E-state index contributed by atoms with van der Waals surface area (Å²) in [6.45, 7) is 4.93. The molecule has 20 heavy (non-hydrogen) atoms. The molecule has 0 radical (unpaired) electrons. The molecule has 3 rings (SSSR count). The number of aryl methyl sites for hydroxylation is 1. The van der Waals surface area contributed by atoms with Gasteiger partial charge >= 0.3 is 0 Å². The molecule has 2 aromatic rings. The first-order valence-electron chi connectivity index (χ1n) is 7.06. The van der Waals surface area contributed by atoms with Crippen molar-refractivity contribution in [2.45, 2.75) is 19.9 Å². The summed E-state index contributed by atoms with van der Waals surface area (Å²) in [5.41, 5.74) is 3.75. The summed E-state index contributed by atoms with van der Waals surface area (Å²) in [6.07, 6.45) is 7.44. The van der Waals surface area contributed by atoms with Gasteiger partial charge in [0.05, 0.1) is 5.69 Å². The summed E-state index contributed by atoms with van der Waals surface area (Å²) in [7, 11) is 0. The van der Waals surface area contributed by atoms with Crippen molar-refractivity contribution in [1.29, 1.82) is 0 Å². The van der Waals surface area contributed by atoms with Crippen molar-refractivity contribution in [1.82, 2.24) is 14.9 Å². The summed E-state index contributed by atoms with van der Waals surface area (Å²) >= 11 is 0. The molecule has 0 saturated carbocycles. The molecule has 3 nitrogen and oxygen atoms in total. The van der Waals surface area contributed by atoms with Gasteiger partial charge < -0.3 is 0 Å². The summed E-state index contributed by atoms with van der Waals surface area (Å²) in [5, 5.41) is 0. The normalized spacial score (nSPS) is 15.4. The van der Waals surface area contributed by atoms with E-state index in [9.17, 15) is 0 Å². The van der Waals surface area contributed by atoms with E-state index in [0.717, 1.165) is 31.9 Å². The molecule has 0 fully saturated rings. The zero-order valence-corrected chi connectivity index (χ0v) is 11.8. The molecule has 0 amide bonds. The van der Waals surface area contributed by atoms with E-state index in [4.69, 9.17) is 0 Å².